The van der Waals surface area contributed by atoms with E-state index in [0.717, 1.165) is 31.1 Å². The summed E-state index contributed by atoms with van der Waals surface area (Å²) in [5.41, 5.74) is 1.34. The summed E-state index contributed by atoms with van der Waals surface area (Å²) in [5.74, 6) is 1.01. The van der Waals surface area contributed by atoms with Gasteiger partial charge in [-0.2, -0.15) is 5.10 Å². The average molecular weight is 220 g/mol. The Hall–Kier alpha value is -1.16. The van der Waals surface area contributed by atoms with E-state index < -0.39 is 0 Å². The van der Waals surface area contributed by atoms with Crippen LogP contribution in [-0.2, 0) is 0 Å². The van der Waals surface area contributed by atoms with Gasteiger partial charge in [0, 0.05) is 19.6 Å². The molecule has 16 heavy (non-hydrogen) atoms. The lowest BCUT2D eigenvalue weighted by atomic mass is 9.90. The second-order valence-corrected chi connectivity index (χ2v) is 5.05. The van der Waals surface area contributed by atoms with Crippen LogP contribution in [0.1, 0.15) is 19.0 Å². The molecule has 0 aliphatic carbocycles. The molecule has 4 heteroatoms. The molecule has 1 unspecified atom stereocenters. The van der Waals surface area contributed by atoms with E-state index in [9.17, 15) is 0 Å². The lowest BCUT2D eigenvalue weighted by Crippen LogP contribution is -2.33. The average Bonchev–Trinajstić information content (AvgIpc) is 2.62. The third-order valence-electron chi connectivity index (χ3n) is 3.27. The third kappa shape index (κ3) is 2.32. The maximum absolute atomic E-state index is 4.24. The Morgan fingerprint density at radius 3 is 2.88 bits per heavy atom. The molecule has 1 aliphatic heterocycles. The summed E-state index contributed by atoms with van der Waals surface area (Å²) >= 11 is 0. The van der Waals surface area contributed by atoms with Gasteiger partial charge in [0.15, 0.2) is 5.82 Å². The molecule has 2 rings (SSSR count). The summed E-state index contributed by atoms with van der Waals surface area (Å²) in [6.07, 6.45) is 1.21. The molecule has 1 atom stereocenters. The second kappa shape index (κ2) is 4.37. The number of nitrogens with one attached hydrogen (secondary N) is 1. The largest absolute Gasteiger partial charge is 0.355 e. The van der Waals surface area contributed by atoms with E-state index in [4.69, 9.17) is 0 Å². The Morgan fingerprint density at radius 2 is 2.25 bits per heavy atom. The lowest BCUT2D eigenvalue weighted by molar-refractivity contribution is 0.355. The fourth-order valence-corrected chi connectivity index (χ4v) is 2.35. The minimum atomic E-state index is 0.362. The van der Waals surface area contributed by atoms with E-state index in [2.05, 4.69) is 33.4 Å². The van der Waals surface area contributed by atoms with Gasteiger partial charge < -0.3 is 10.2 Å². The zero-order valence-electron chi connectivity index (χ0n) is 10.3. The lowest BCUT2D eigenvalue weighted by Gasteiger charge is -2.24. The molecule has 1 aromatic heterocycles. The normalized spacial score (nSPS) is 25.1. The summed E-state index contributed by atoms with van der Waals surface area (Å²) < 4.78 is 0. The van der Waals surface area contributed by atoms with Gasteiger partial charge in [0.1, 0.15) is 0 Å². The van der Waals surface area contributed by atoms with E-state index >= 15 is 0 Å². The molecule has 0 saturated carbocycles. The molecule has 1 N–H and O–H groups in total. The molecule has 2 heterocycles. The SMILES string of the molecule is CNCC1(C)CCN(c2ccc(C)nn2)C1. The van der Waals surface area contributed by atoms with Crippen molar-refractivity contribution in [1.29, 1.82) is 0 Å². The van der Waals surface area contributed by atoms with Gasteiger partial charge in [-0.1, -0.05) is 6.92 Å². The standard InChI is InChI=1S/C12H20N4/c1-10-4-5-11(15-14-10)16-7-6-12(2,9-16)8-13-3/h4-5,13H,6-9H2,1-3H3. The monoisotopic (exact) mass is 220 g/mol. The van der Waals surface area contributed by atoms with Crippen LogP contribution in [0.3, 0.4) is 0 Å². The summed E-state index contributed by atoms with van der Waals surface area (Å²) in [5, 5.41) is 11.6. The quantitative estimate of drug-likeness (QED) is 0.831. The van der Waals surface area contributed by atoms with Crippen molar-refractivity contribution in [3.8, 4) is 0 Å². The van der Waals surface area contributed by atoms with Gasteiger partial charge in [0.25, 0.3) is 0 Å². The van der Waals surface area contributed by atoms with E-state index in [1.165, 1.54) is 6.42 Å². The predicted molar refractivity (Wildman–Crippen MR) is 65.6 cm³/mol. The minimum absolute atomic E-state index is 0.362. The molecule has 0 spiro atoms. The molecule has 1 fully saturated rings. The Kier molecular flexibility index (Phi) is 3.10. The van der Waals surface area contributed by atoms with Crippen molar-refractivity contribution < 1.29 is 0 Å². The topological polar surface area (TPSA) is 41.0 Å². The van der Waals surface area contributed by atoms with Crippen LogP contribution in [0.2, 0.25) is 0 Å². The molecule has 88 valence electrons. The highest BCUT2D eigenvalue weighted by atomic mass is 15.3. The van der Waals surface area contributed by atoms with Crippen LogP contribution < -0.4 is 10.2 Å². The predicted octanol–water partition coefficient (Wildman–Crippen LogP) is 1.22. The molecule has 0 amide bonds. The summed E-state index contributed by atoms with van der Waals surface area (Å²) in [6.45, 7) is 7.49. The van der Waals surface area contributed by atoms with Gasteiger partial charge in [-0.3, -0.25) is 0 Å². The molecule has 1 saturated heterocycles. The number of aryl methyl sites for hydroxylation is 1. The van der Waals surface area contributed by atoms with Crippen molar-refractivity contribution in [3.05, 3.63) is 17.8 Å². The fourth-order valence-electron chi connectivity index (χ4n) is 2.35. The van der Waals surface area contributed by atoms with Gasteiger partial charge in [0.05, 0.1) is 5.69 Å². The van der Waals surface area contributed by atoms with E-state index in [1.807, 2.05) is 20.0 Å². The summed E-state index contributed by atoms with van der Waals surface area (Å²) in [4.78, 5) is 2.32. The Morgan fingerprint density at radius 1 is 1.44 bits per heavy atom. The number of hydrogen-bond acceptors (Lipinski definition) is 4. The van der Waals surface area contributed by atoms with Crippen molar-refractivity contribution in [3.63, 3.8) is 0 Å². The summed E-state index contributed by atoms with van der Waals surface area (Å²) in [7, 11) is 2.01. The highest BCUT2D eigenvalue weighted by molar-refractivity contribution is 5.39. The van der Waals surface area contributed by atoms with Crippen molar-refractivity contribution in [2.75, 3.05) is 31.6 Å². The van der Waals surface area contributed by atoms with Crippen LogP contribution in [0, 0.1) is 12.3 Å². The van der Waals surface area contributed by atoms with Crippen LogP contribution in [0.4, 0.5) is 5.82 Å². The van der Waals surface area contributed by atoms with Crippen molar-refractivity contribution in [2.45, 2.75) is 20.3 Å². The van der Waals surface area contributed by atoms with Crippen LogP contribution in [0.25, 0.3) is 0 Å². The van der Waals surface area contributed by atoms with Gasteiger partial charge >= 0.3 is 0 Å². The van der Waals surface area contributed by atoms with E-state index in [1.54, 1.807) is 0 Å². The van der Waals surface area contributed by atoms with Crippen molar-refractivity contribution in [1.82, 2.24) is 15.5 Å². The van der Waals surface area contributed by atoms with Crippen molar-refractivity contribution >= 4 is 5.82 Å². The van der Waals surface area contributed by atoms with E-state index in [-0.39, 0.29) is 0 Å². The van der Waals surface area contributed by atoms with Gasteiger partial charge in [0.2, 0.25) is 0 Å². The van der Waals surface area contributed by atoms with Gasteiger partial charge in [-0.15, -0.1) is 5.10 Å². The molecule has 0 bridgehead atoms. The van der Waals surface area contributed by atoms with E-state index in [0.29, 0.717) is 5.41 Å². The van der Waals surface area contributed by atoms with Crippen LogP contribution >= 0.6 is 0 Å². The van der Waals surface area contributed by atoms with Crippen molar-refractivity contribution in [2.24, 2.45) is 5.41 Å². The first-order valence-corrected chi connectivity index (χ1v) is 5.83. The molecule has 0 radical (unpaired) electrons. The highest BCUT2D eigenvalue weighted by Crippen LogP contribution is 2.31. The number of anilines is 1. The highest BCUT2D eigenvalue weighted by Gasteiger charge is 2.33. The number of hydrogen-bond donors (Lipinski definition) is 1. The number of nitrogens with zero attached hydrogens (tertiary/aromatic N) is 3. The Balaban J connectivity index is 2.06. The molecular weight excluding hydrogens is 200 g/mol. The maximum atomic E-state index is 4.24. The smallest absolute Gasteiger partial charge is 0.151 e. The van der Waals surface area contributed by atoms with Crippen LogP contribution in [-0.4, -0.2) is 36.9 Å². The third-order valence-corrected chi connectivity index (χ3v) is 3.27. The number of rotatable bonds is 3. The van der Waals surface area contributed by atoms with Crippen LogP contribution in [0.15, 0.2) is 12.1 Å². The first-order chi connectivity index (χ1) is 7.63. The zero-order chi connectivity index (χ0) is 11.6. The molecule has 1 aliphatic rings. The van der Waals surface area contributed by atoms with Crippen LogP contribution in [0.5, 0.6) is 0 Å². The first-order valence-electron chi connectivity index (χ1n) is 5.83. The fraction of sp³-hybridized carbons (Fsp3) is 0.667. The van der Waals surface area contributed by atoms with Gasteiger partial charge in [-0.05, 0) is 37.9 Å². The molecule has 1 aromatic rings. The zero-order valence-corrected chi connectivity index (χ0v) is 10.3. The number of aromatic nitrogens is 2. The Bertz CT molecular complexity index is 349. The maximum Gasteiger partial charge on any atom is 0.151 e. The molecule has 4 nitrogen and oxygen atoms in total. The van der Waals surface area contributed by atoms with Gasteiger partial charge in [-0.25, -0.2) is 0 Å². The second-order valence-electron chi connectivity index (χ2n) is 5.05. The molecular formula is C12H20N4. The first kappa shape index (κ1) is 11.3. The summed E-state index contributed by atoms with van der Waals surface area (Å²) in [6, 6.07) is 4.09. The minimum Gasteiger partial charge on any atom is -0.355 e. The molecule has 0 aromatic carbocycles. The Labute approximate surface area is 97.1 Å².